The van der Waals surface area contributed by atoms with Gasteiger partial charge in [0.05, 0.1) is 11.8 Å². The van der Waals surface area contributed by atoms with Gasteiger partial charge in [0.15, 0.2) is 9.84 Å². The molecule has 6 heteroatoms. The second kappa shape index (κ2) is 5.46. The number of hydrogen-bond acceptors (Lipinski definition) is 4. The maximum atomic E-state index is 12.1. The van der Waals surface area contributed by atoms with E-state index < -0.39 is 9.84 Å². The minimum absolute atomic E-state index is 0.0106. The van der Waals surface area contributed by atoms with Crippen molar-refractivity contribution >= 4 is 27.1 Å². The molecule has 1 aliphatic rings. The van der Waals surface area contributed by atoms with Crippen molar-refractivity contribution in [3.8, 4) is 0 Å². The van der Waals surface area contributed by atoms with Gasteiger partial charge in [-0.3, -0.25) is 4.79 Å². The van der Waals surface area contributed by atoms with E-state index in [9.17, 15) is 13.2 Å². The summed E-state index contributed by atoms with van der Waals surface area (Å²) in [5.41, 5.74) is 1.18. The number of rotatable bonds is 3. The largest absolute Gasteiger partial charge is 0.332 e. The third-order valence-electron chi connectivity index (χ3n) is 3.38. The van der Waals surface area contributed by atoms with Crippen LogP contribution in [0.1, 0.15) is 30.3 Å². The fourth-order valence-electron chi connectivity index (χ4n) is 2.16. The van der Waals surface area contributed by atoms with Crippen LogP contribution < -0.4 is 0 Å². The first-order valence-corrected chi connectivity index (χ1v) is 8.82. The van der Waals surface area contributed by atoms with E-state index in [2.05, 4.69) is 0 Å². The number of hydrogen-bond donors (Lipinski definition) is 0. The van der Waals surface area contributed by atoms with Crippen LogP contribution in [0.2, 0.25) is 0 Å². The van der Waals surface area contributed by atoms with Crippen molar-refractivity contribution in [1.82, 2.24) is 4.90 Å². The molecule has 0 saturated carbocycles. The fourth-order valence-corrected chi connectivity index (χ4v) is 3.64. The quantitative estimate of drug-likeness (QED) is 0.804. The van der Waals surface area contributed by atoms with Gasteiger partial charge in [-0.05, 0) is 30.4 Å². The molecular weight excluding hydrogens is 282 g/mol. The Hall–Kier alpha value is -1.14. The molecule has 1 unspecified atom stereocenters. The van der Waals surface area contributed by atoms with Crippen molar-refractivity contribution in [2.45, 2.75) is 26.3 Å². The average molecular weight is 299 g/mol. The Morgan fingerprint density at radius 3 is 3.00 bits per heavy atom. The zero-order valence-electron chi connectivity index (χ0n) is 11.0. The van der Waals surface area contributed by atoms with Crippen LogP contribution in [0.5, 0.6) is 0 Å². The first-order chi connectivity index (χ1) is 8.94. The molecule has 4 nitrogen and oxygen atoms in total. The lowest BCUT2D eigenvalue weighted by molar-refractivity contribution is -0.128. The van der Waals surface area contributed by atoms with Crippen LogP contribution >= 0.6 is 11.3 Å². The van der Waals surface area contributed by atoms with Crippen molar-refractivity contribution in [3.63, 3.8) is 0 Å². The molecule has 1 atom stereocenters. The minimum atomic E-state index is -3.25. The van der Waals surface area contributed by atoms with E-state index in [0.717, 1.165) is 11.8 Å². The summed E-state index contributed by atoms with van der Waals surface area (Å²) in [6, 6.07) is 2.05. The van der Waals surface area contributed by atoms with Gasteiger partial charge in [0.1, 0.15) is 0 Å². The Morgan fingerprint density at radius 2 is 2.32 bits per heavy atom. The summed E-state index contributed by atoms with van der Waals surface area (Å²) < 4.78 is 22.7. The first-order valence-electron chi connectivity index (χ1n) is 6.22. The minimum Gasteiger partial charge on any atom is -0.332 e. The van der Waals surface area contributed by atoms with Gasteiger partial charge in [0.2, 0.25) is 5.91 Å². The van der Waals surface area contributed by atoms with Crippen LogP contribution in [-0.4, -0.2) is 31.5 Å². The predicted octanol–water partition coefficient (Wildman–Crippen LogP) is 2.14. The van der Waals surface area contributed by atoms with Crippen LogP contribution in [0.15, 0.2) is 22.9 Å². The highest BCUT2D eigenvalue weighted by Crippen LogP contribution is 2.32. The molecular formula is C13H17NO3S2. The fraction of sp³-hybridized carbons (Fsp3) is 0.462. The lowest BCUT2D eigenvalue weighted by Crippen LogP contribution is -2.37. The maximum absolute atomic E-state index is 12.1. The van der Waals surface area contributed by atoms with E-state index >= 15 is 0 Å². The number of amides is 1. The van der Waals surface area contributed by atoms with E-state index in [0.29, 0.717) is 6.54 Å². The number of carbonyl (C=O) groups excluding carboxylic acids is 1. The highest BCUT2D eigenvalue weighted by Gasteiger charge is 2.27. The topological polar surface area (TPSA) is 54.5 Å². The number of thiophene rings is 1. The molecule has 0 spiro atoms. The molecule has 2 rings (SSSR count). The van der Waals surface area contributed by atoms with Crippen molar-refractivity contribution in [1.29, 1.82) is 0 Å². The molecule has 1 aliphatic heterocycles. The van der Waals surface area contributed by atoms with Gasteiger partial charge in [0, 0.05) is 22.9 Å². The van der Waals surface area contributed by atoms with Gasteiger partial charge < -0.3 is 4.90 Å². The van der Waals surface area contributed by atoms with E-state index in [1.54, 1.807) is 23.2 Å². The third-order valence-corrected chi connectivity index (χ3v) is 5.73. The standard InChI is InChI=1S/C13H17NO3S2/c1-3-19(16,17)9-6-13(15)14-7-4-12-11(10(14)2)5-8-18-12/h5-6,8-10H,3-4,7H2,1-2H3/b9-6+. The molecule has 0 aliphatic carbocycles. The Morgan fingerprint density at radius 1 is 1.58 bits per heavy atom. The van der Waals surface area contributed by atoms with Gasteiger partial charge in [-0.1, -0.05) is 6.92 Å². The van der Waals surface area contributed by atoms with Crippen molar-refractivity contribution in [2.24, 2.45) is 0 Å². The Kier molecular flexibility index (Phi) is 4.10. The van der Waals surface area contributed by atoms with Crippen LogP contribution in [-0.2, 0) is 21.1 Å². The maximum Gasteiger partial charge on any atom is 0.247 e. The van der Waals surface area contributed by atoms with Gasteiger partial charge in [-0.15, -0.1) is 11.3 Å². The molecule has 0 saturated heterocycles. The molecule has 0 N–H and O–H groups in total. The molecule has 2 heterocycles. The van der Waals surface area contributed by atoms with Crippen molar-refractivity contribution in [2.75, 3.05) is 12.3 Å². The Labute approximate surface area is 117 Å². The number of carbonyl (C=O) groups is 1. The van der Waals surface area contributed by atoms with Gasteiger partial charge >= 0.3 is 0 Å². The van der Waals surface area contributed by atoms with Gasteiger partial charge in [0.25, 0.3) is 0 Å². The van der Waals surface area contributed by atoms with Crippen LogP contribution in [0.4, 0.5) is 0 Å². The Bertz CT molecular complexity index is 601. The molecule has 0 fully saturated rings. The third kappa shape index (κ3) is 3.06. The summed E-state index contributed by atoms with van der Waals surface area (Å²) in [7, 11) is -3.25. The highest BCUT2D eigenvalue weighted by atomic mass is 32.2. The zero-order chi connectivity index (χ0) is 14.0. The molecule has 19 heavy (non-hydrogen) atoms. The zero-order valence-corrected chi connectivity index (χ0v) is 12.6. The van der Waals surface area contributed by atoms with Gasteiger partial charge in [-0.2, -0.15) is 0 Å². The van der Waals surface area contributed by atoms with E-state index in [1.807, 2.05) is 18.4 Å². The smallest absolute Gasteiger partial charge is 0.247 e. The monoisotopic (exact) mass is 299 g/mol. The molecule has 104 valence electrons. The predicted molar refractivity (Wildman–Crippen MR) is 76.8 cm³/mol. The molecule has 1 amide bonds. The molecule has 0 radical (unpaired) electrons. The lowest BCUT2D eigenvalue weighted by atomic mass is 10.0. The van der Waals surface area contributed by atoms with Gasteiger partial charge in [-0.25, -0.2) is 8.42 Å². The van der Waals surface area contributed by atoms with E-state index in [-0.39, 0.29) is 17.7 Å². The molecule has 0 aromatic carbocycles. The van der Waals surface area contributed by atoms with Crippen molar-refractivity contribution in [3.05, 3.63) is 33.4 Å². The number of sulfone groups is 1. The van der Waals surface area contributed by atoms with Crippen LogP contribution in [0.3, 0.4) is 0 Å². The second-order valence-corrected chi connectivity index (χ2v) is 7.69. The number of nitrogens with zero attached hydrogens (tertiary/aromatic N) is 1. The summed E-state index contributed by atoms with van der Waals surface area (Å²) in [6.07, 6.45) is 2.02. The van der Waals surface area contributed by atoms with E-state index in [4.69, 9.17) is 0 Å². The van der Waals surface area contributed by atoms with Crippen LogP contribution in [0.25, 0.3) is 0 Å². The SMILES string of the molecule is CCS(=O)(=O)/C=C/C(=O)N1CCc2sccc2C1C. The second-order valence-electron chi connectivity index (χ2n) is 4.51. The van der Waals surface area contributed by atoms with Crippen LogP contribution in [0, 0.1) is 0 Å². The number of fused-ring (bicyclic) bond motifs is 1. The van der Waals surface area contributed by atoms with Crippen molar-refractivity contribution < 1.29 is 13.2 Å². The summed E-state index contributed by atoms with van der Waals surface area (Å²) in [4.78, 5) is 15.1. The molecule has 1 aromatic rings. The first kappa shape index (κ1) is 14.3. The highest BCUT2D eigenvalue weighted by molar-refractivity contribution is 7.94. The summed E-state index contributed by atoms with van der Waals surface area (Å²) in [5, 5.41) is 3.05. The summed E-state index contributed by atoms with van der Waals surface area (Å²) in [5.74, 6) is -0.220. The van der Waals surface area contributed by atoms with E-state index in [1.165, 1.54) is 16.5 Å². The lowest BCUT2D eigenvalue weighted by Gasteiger charge is -2.32. The Balaban J connectivity index is 2.14. The summed E-state index contributed by atoms with van der Waals surface area (Å²) in [6.45, 7) is 4.18. The molecule has 1 aromatic heterocycles. The summed E-state index contributed by atoms with van der Waals surface area (Å²) >= 11 is 1.71. The normalized spacial score (nSPS) is 19.7. The average Bonchev–Trinajstić information content (AvgIpc) is 2.86. The molecule has 0 bridgehead atoms.